The predicted molar refractivity (Wildman–Crippen MR) is 97.9 cm³/mol. The minimum absolute atomic E-state index is 0.411. The molecule has 124 valence electrons. The average molecular weight is 330 g/mol. The van der Waals surface area contributed by atoms with E-state index in [4.69, 9.17) is 17.0 Å². The molecule has 0 saturated heterocycles. The smallest absolute Gasteiger partial charge is 0.171 e. The van der Waals surface area contributed by atoms with Crippen LogP contribution in [0.4, 0.5) is 5.69 Å². The highest BCUT2D eigenvalue weighted by atomic mass is 32.1. The standard InChI is InChI=1S/C19H26N2OS/c23-19(21-18-12-13-5-6-14(18)11-13)20-15-7-9-17(10-8-15)22-16-3-1-2-4-16/h7-10,13-14,16,18H,1-6,11-12H2,(H2,20,21,23)/t13-,14-,18-/m1/s1. The van der Waals surface area contributed by atoms with Gasteiger partial charge in [-0.3, -0.25) is 0 Å². The first-order valence-corrected chi connectivity index (χ1v) is 9.51. The summed E-state index contributed by atoms with van der Waals surface area (Å²) in [5.74, 6) is 2.74. The van der Waals surface area contributed by atoms with Crippen LogP contribution in [0.3, 0.4) is 0 Å². The van der Waals surface area contributed by atoms with Crippen molar-refractivity contribution in [3.8, 4) is 5.75 Å². The summed E-state index contributed by atoms with van der Waals surface area (Å²) in [6, 6.07) is 8.78. The number of anilines is 1. The molecule has 3 nitrogen and oxygen atoms in total. The lowest BCUT2D eigenvalue weighted by Gasteiger charge is -2.24. The summed E-state index contributed by atoms with van der Waals surface area (Å²) >= 11 is 5.48. The van der Waals surface area contributed by atoms with Crippen molar-refractivity contribution in [2.24, 2.45) is 11.8 Å². The lowest BCUT2D eigenvalue weighted by atomic mass is 9.96. The molecule has 0 aromatic heterocycles. The fourth-order valence-corrected chi connectivity index (χ4v) is 4.84. The lowest BCUT2D eigenvalue weighted by Crippen LogP contribution is -2.40. The van der Waals surface area contributed by atoms with Crippen LogP contribution >= 0.6 is 12.2 Å². The quantitative estimate of drug-likeness (QED) is 0.797. The molecule has 0 unspecified atom stereocenters. The molecule has 0 aliphatic heterocycles. The van der Waals surface area contributed by atoms with Gasteiger partial charge in [-0.05, 0) is 93.3 Å². The number of fused-ring (bicyclic) bond motifs is 2. The zero-order chi connectivity index (χ0) is 15.6. The first-order chi connectivity index (χ1) is 11.3. The molecule has 2 N–H and O–H groups in total. The number of thiocarbonyl (C=S) groups is 1. The number of benzene rings is 1. The lowest BCUT2D eigenvalue weighted by molar-refractivity contribution is 0.210. The summed E-state index contributed by atoms with van der Waals surface area (Å²) in [5, 5.41) is 7.59. The largest absolute Gasteiger partial charge is 0.490 e. The van der Waals surface area contributed by atoms with Crippen molar-refractivity contribution < 1.29 is 4.74 Å². The molecule has 1 aromatic carbocycles. The summed E-state index contributed by atoms with van der Waals surface area (Å²) in [4.78, 5) is 0. The second-order valence-electron chi connectivity index (χ2n) is 7.43. The number of hydrogen-bond acceptors (Lipinski definition) is 2. The Morgan fingerprint density at radius 2 is 1.78 bits per heavy atom. The van der Waals surface area contributed by atoms with E-state index >= 15 is 0 Å². The maximum absolute atomic E-state index is 6.00. The summed E-state index contributed by atoms with van der Waals surface area (Å²) < 4.78 is 6.00. The molecule has 4 rings (SSSR count). The van der Waals surface area contributed by atoms with Crippen molar-refractivity contribution >= 4 is 23.0 Å². The van der Waals surface area contributed by atoms with E-state index in [1.165, 1.54) is 51.4 Å². The molecule has 0 heterocycles. The highest BCUT2D eigenvalue weighted by molar-refractivity contribution is 7.80. The van der Waals surface area contributed by atoms with E-state index in [2.05, 4.69) is 22.8 Å². The van der Waals surface area contributed by atoms with Gasteiger partial charge in [-0.1, -0.05) is 6.42 Å². The van der Waals surface area contributed by atoms with Gasteiger partial charge in [0.2, 0.25) is 0 Å². The van der Waals surface area contributed by atoms with Gasteiger partial charge in [0.05, 0.1) is 6.10 Å². The molecular formula is C19H26N2OS. The minimum atomic E-state index is 0.411. The molecule has 0 spiro atoms. The van der Waals surface area contributed by atoms with E-state index in [0.29, 0.717) is 12.1 Å². The summed E-state index contributed by atoms with van der Waals surface area (Å²) in [7, 11) is 0. The molecule has 23 heavy (non-hydrogen) atoms. The minimum Gasteiger partial charge on any atom is -0.490 e. The van der Waals surface area contributed by atoms with Crippen LogP contribution in [0.15, 0.2) is 24.3 Å². The van der Waals surface area contributed by atoms with Crippen molar-refractivity contribution in [3.63, 3.8) is 0 Å². The highest BCUT2D eigenvalue weighted by Gasteiger charge is 2.39. The zero-order valence-corrected chi connectivity index (χ0v) is 14.4. The first-order valence-electron chi connectivity index (χ1n) is 9.10. The zero-order valence-electron chi connectivity index (χ0n) is 13.6. The third-order valence-corrected chi connectivity index (χ3v) is 5.99. The molecule has 0 radical (unpaired) electrons. The first kappa shape index (κ1) is 15.3. The SMILES string of the molecule is S=C(Nc1ccc(OC2CCCC2)cc1)N[C@@H]1C[C@@H]2CC[C@@H]1C2. The Labute approximate surface area is 144 Å². The Morgan fingerprint density at radius 1 is 1.00 bits per heavy atom. The van der Waals surface area contributed by atoms with Gasteiger partial charge in [-0.15, -0.1) is 0 Å². The summed E-state index contributed by atoms with van der Waals surface area (Å²) in [5.41, 5.74) is 1.03. The van der Waals surface area contributed by atoms with E-state index in [1.54, 1.807) is 0 Å². The molecule has 3 aliphatic carbocycles. The second kappa shape index (κ2) is 6.68. The Morgan fingerprint density at radius 3 is 2.43 bits per heavy atom. The van der Waals surface area contributed by atoms with Crippen molar-refractivity contribution in [2.75, 3.05) is 5.32 Å². The van der Waals surface area contributed by atoms with Crippen LogP contribution in [-0.2, 0) is 0 Å². The van der Waals surface area contributed by atoms with Crippen molar-refractivity contribution in [3.05, 3.63) is 24.3 Å². The van der Waals surface area contributed by atoms with E-state index in [9.17, 15) is 0 Å². The van der Waals surface area contributed by atoms with Crippen LogP contribution in [0.2, 0.25) is 0 Å². The number of rotatable bonds is 4. The monoisotopic (exact) mass is 330 g/mol. The molecule has 3 fully saturated rings. The van der Waals surface area contributed by atoms with Crippen LogP contribution in [0.25, 0.3) is 0 Å². The Hall–Kier alpha value is -1.29. The molecule has 3 atom stereocenters. The molecule has 3 aliphatic rings. The van der Waals surface area contributed by atoms with E-state index in [-0.39, 0.29) is 0 Å². The van der Waals surface area contributed by atoms with Gasteiger partial charge in [-0.25, -0.2) is 0 Å². The van der Waals surface area contributed by atoms with Gasteiger partial charge in [-0.2, -0.15) is 0 Å². The van der Waals surface area contributed by atoms with Gasteiger partial charge in [0.25, 0.3) is 0 Å². The number of ether oxygens (including phenoxy) is 1. The van der Waals surface area contributed by atoms with Crippen molar-refractivity contribution in [1.82, 2.24) is 5.32 Å². The normalized spacial score (nSPS) is 29.7. The second-order valence-corrected chi connectivity index (χ2v) is 7.84. The maximum atomic E-state index is 6.00. The van der Waals surface area contributed by atoms with Gasteiger partial charge < -0.3 is 15.4 Å². The van der Waals surface area contributed by atoms with E-state index < -0.39 is 0 Å². The maximum Gasteiger partial charge on any atom is 0.171 e. The Bertz CT molecular complexity index is 553. The van der Waals surface area contributed by atoms with Gasteiger partial charge in [0.15, 0.2) is 5.11 Å². The molecular weight excluding hydrogens is 304 g/mol. The summed E-state index contributed by atoms with van der Waals surface area (Å²) in [6.45, 7) is 0. The Balaban J connectivity index is 1.27. The van der Waals surface area contributed by atoms with Gasteiger partial charge >= 0.3 is 0 Å². The molecule has 4 heteroatoms. The average Bonchev–Trinajstić information content (AvgIpc) is 3.27. The molecule has 3 saturated carbocycles. The van der Waals surface area contributed by atoms with Gasteiger partial charge in [0.1, 0.15) is 5.75 Å². The van der Waals surface area contributed by atoms with Crippen LogP contribution in [0.1, 0.15) is 51.4 Å². The van der Waals surface area contributed by atoms with Crippen LogP contribution in [0.5, 0.6) is 5.75 Å². The Kier molecular flexibility index (Phi) is 4.43. The number of nitrogens with one attached hydrogen (secondary N) is 2. The molecule has 1 aromatic rings. The third-order valence-electron chi connectivity index (χ3n) is 5.77. The molecule has 2 bridgehead atoms. The van der Waals surface area contributed by atoms with E-state index in [0.717, 1.165) is 28.4 Å². The van der Waals surface area contributed by atoms with Crippen molar-refractivity contribution in [1.29, 1.82) is 0 Å². The van der Waals surface area contributed by atoms with E-state index in [1.807, 2.05) is 12.1 Å². The van der Waals surface area contributed by atoms with Crippen LogP contribution < -0.4 is 15.4 Å². The predicted octanol–water partition coefficient (Wildman–Crippen LogP) is 4.48. The fraction of sp³-hybridized carbons (Fsp3) is 0.632. The van der Waals surface area contributed by atoms with Gasteiger partial charge in [0, 0.05) is 11.7 Å². The summed E-state index contributed by atoms with van der Waals surface area (Å²) in [6.07, 6.45) is 10.9. The van der Waals surface area contributed by atoms with Crippen LogP contribution in [-0.4, -0.2) is 17.3 Å². The highest BCUT2D eigenvalue weighted by Crippen LogP contribution is 2.44. The molecule has 0 amide bonds. The van der Waals surface area contributed by atoms with Crippen molar-refractivity contribution in [2.45, 2.75) is 63.5 Å². The van der Waals surface area contributed by atoms with Crippen LogP contribution in [0, 0.1) is 11.8 Å². The fourth-order valence-electron chi connectivity index (χ4n) is 4.57. The third kappa shape index (κ3) is 3.63. The topological polar surface area (TPSA) is 33.3 Å². The number of hydrogen-bond donors (Lipinski definition) is 2.